The van der Waals surface area contributed by atoms with Crippen LogP contribution in [0.15, 0.2) is 0 Å². The Morgan fingerprint density at radius 2 is 1.57 bits per heavy atom. The van der Waals surface area contributed by atoms with Crippen molar-refractivity contribution in [3.05, 3.63) is 0 Å². The Bertz CT molecular complexity index is 233. The molecule has 1 heterocycles. The van der Waals surface area contributed by atoms with E-state index < -0.39 is 12.2 Å². The van der Waals surface area contributed by atoms with E-state index in [0.29, 0.717) is 26.2 Å². The number of carbonyl (C=O) groups is 2. The Balaban J connectivity index is 2.43. The fraction of sp³-hybridized carbons (Fsp3) is 0.750. The molecule has 1 rings (SSSR count). The molecule has 0 aliphatic carbocycles. The minimum atomic E-state index is -1.01. The predicted molar refractivity (Wildman–Crippen MR) is 47.9 cm³/mol. The predicted octanol–water partition coefficient (Wildman–Crippen LogP) is -0.811. The van der Waals surface area contributed by atoms with Gasteiger partial charge in [0.2, 0.25) is 0 Å². The SMILES string of the molecule is CC(O)C(=O)N1CCN(C(=O)O)CC1. The van der Waals surface area contributed by atoms with Gasteiger partial charge in [0.05, 0.1) is 0 Å². The number of carbonyl (C=O) groups excluding carboxylic acids is 1. The van der Waals surface area contributed by atoms with Gasteiger partial charge in [-0.05, 0) is 6.92 Å². The average molecular weight is 202 g/mol. The number of nitrogens with zero attached hydrogens (tertiary/aromatic N) is 2. The van der Waals surface area contributed by atoms with Crippen molar-refractivity contribution in [2.75, 3.05) is 26.2 Å². The minimum Gasteiger partial charge on any atom is -0.465 e. The second-order valence-corrected chi connectivity index (χ2v) is 3.27. The van der Waals surface area contributed by atoms with Crippen LogP contribution in [0.5, 0.6) is 0 Å². The molecule has 1 atom stereocenters. The lowest BCUT2D eigenvalue weighted by molar-refractivity contribution is -0.140. The van der Waals surface area contributed by atoms with Crippen molar-refractivity contribution in [3.63, 3.8) is 0 Å². The van der Waals surface area contributed by atoms with Crippen molar-refractivity contribution in [2.45, 2.75) is 13.0 Å². The highest BCUT2D eigenvalue weighted by Gasteiger charge is 2.25. The first-order chi connectivity index (χ1) is 6.52. The van der Waals surface area contributed by atoms with Crippen LogP contribution >= 0.6 is 0 Å². The van der Waals surface area contributed by atoms with Crippen LogP contribution in [-0.4, -0.2) is 64.3 Å². The number of hydrogen-bond acceptors (Lipinski definition) is 3. The molecule has 1 saturated heterocycles. The molecule has 0 aromatic carbocycles. The van der Waals surface area contributed by atoms with Crippen LogP contribution in [0.2, 0.25) is 0 Å². The summed E-state index contributed by atoms with van der Waals surface area (Å²) in [6.45, 7) is 2.75. The maximum atomic E-state index is 11.3. The van der Waals surface area contributed by atoms with E-state index in [1.807, 2.05) is 0 Å². The van der Waals surface area contributed by atoms with E-state index in [9.17, 15) is 9.59 Å². The number of carboxylic acid groups (broad SMARTS) is 1. The maximum Gasteiger partial charge on any atom is 0.407 e. The van der Waals surface area contributed by atoms with Crippen molar-refractivity contribution in [1.82, 2.24) is 9.80 Å². The zero-order valence-corrected chi connectivity index (χ0v) is 8.01. The van der Waals surface area contributed by atoms with Gasteiger partial charge in [-0.15, -0.1) is 0 Å². The Labute approximate surface area is 81.7 Å². The van der Waals surface area contributed by atoms with Gasteiger partial charge >= 0.3 is 6.09 Å². The molecule has 0 bridgehead atoms. The highest BCUT2D eigenvalue weighted by atomic mass is 16.4. The second-order valence-electron chi connectivity index (χ2n) is 3.27. The Morgan fingerprint density at radius 3 is 1.93 bits per heavy atom. The van der Waals surface area contributed by atoms with Crippen LogP contribution in [-0.2, 0) is 4.79 Å². The number of hydrogen-bond donors (Lipinski definition) is 2. The van der Waals surface area contributed by atoms with Gasteiger partial charge in [-0.1, -0.05) is 0 Å². The molecule has 0 saturated carbocycles. The maximum absolute atomic E-state index is 11.3. The molecule has 80 valence electrons. The summed E-state index contributed by atoms with van der Waals surface area (Å²) in [5.41, 5.74) is 0. The minimum absolute atomic E-state index is 0.313. The highest BCUT2D eigenvalue weighted by molar-refractivity contribution is 5.80. The largest absolute Gasteiger partial charge is 0.465 e. The fourth-order valence-corrected chi connectivity index (χ4v) is 1.38. The van der Waals surface area contributed by atoms with Gasteiger partial charge in [0.25, 0.3) is 5.91 Å². The summed E-state index contributed by atoms with van der Waals surface area (Å²) in [5.74, 6) is -0.338. The van der Waals surface area contributed by atoms with Gasteiger partial charge in [-0.25, -0.2) is 4.79 Å². The number of aliphatic hydroxyl groups excluding tert-OH is 1. The quantitative estimate of drug-likeness (QED) is 0.582. The van der Waals surface area contributed by atoms with Crippen LogP contribution in [0.4, 0.5) is 4.79 Å². The van der Waals surface area contributed by atoms with Gasteiger partial charge in [0.1, 0.15) is 6.10 Å². The number of amides is 2. The van der Waals surface area contributed by atoms with E-state index in [1.165, 1.54) is 16.7 Å². The van der Waals surface area contributed by atoms with Crippen molar-refractivity contribution in [2.24, 2.45) is 0 Å². The van der Waals surface area contributed by atoms with Gasteiger partial charge in [-0.2, -0.15) is 0 Å². The molecule has 14 heavy (non-hydrogen) atoms. The van der Waals surface area contributed by atoms with Crippen molar-refractivity contribution in [3.8, 4) is 0 Å². The molecule has 1 unspecified atom stereocenters. The highest BCUT2D eigenvalue weighted by Crippen LogP contribution is 2.03. The van der Waals surface area contributed by atoms with Gasteiger partial charge in [0, 0.05) is 26.2 Å². The first kappa shape index (κ1) is 10.8. The topological polar surface area (TPSA) is 81.1 Å². The third-order valence-electron chi connectivity index (χ3n) is 2.22. The van der Waals surface area contributed by atoms with Crippen LogP contribution in [0.1, 0.15) is 6.92 Å². The van der Waals surface area contributed by atoms with Crippen molar-refractivity contribution in [1.29, 1.82) is 0 Å². The van der Waals surface area contributed by atoms with Gasteiger partial charge in [0.15, 0.2) is 0 Å². The van der Waals surface area contributed by atoms with Crippen LogP contribution in [0, 0.1) is 0 Å². The number of aliphatic hydroxyl groups is 1. The average Bonchev–Trinajstić information content (AvgIpc) is 2.16. The molecular formula is C8H14N2O4. The molecule has 2 amide bonds. The summed E-state index contributed by atoms with van der Waals surface area (Å²) in [4.78, 5) is 24.6. The second kappa shape index (κ2) is 4.28. The van der Waals surface area contributed by atoms with Gasteiger partial charge < -0.3 is 20.0 Å². The summed E-state index contributed by atoms with van der Waals surface area (Å²) in [6.07, 6.45) is -1.97. The lowest BCUT2D eigenvalue weighted by atomic mass is 10.3. The third kappa shape index (κ3) is 2.35. The van der Waals surface area contributed by atoms with E-state index in [2.05, 4.69) is 0 Å². The molecule has 0 aromatic rings. The molecule has 1 fully saturated rings. The zero-order chi connectivity index (χ0) is 10.7. The molecule has 0 radical (unpaired) electrons. The molecule has 2 N–H and O–H groups in total. The van der Waals surface area contributed by atoms with E-state index in [0.717, 1.165) is 0 Å². The van der Waals surface area contributed by atoms with E-state index in [1.54, 1.807) is 0 Å². The summed E-state index contributed by atoms with van der Waals surface area (Å²) in [7, 11) is 0. The van der Waals surface area contributed by atoms with Crippen LogP contribution in [0.25, 0.3) is 0 Å². The molecule has 6 nitrogen and oxygen atoms in total. The molecule has 1 aliphatic rings. The summed E-state index contributed by atoms with van der Waals surface area (Å²) < 4.78 is 0. The van der Waals surface area contributed by atoms with Gasteiger partial charge in [-0.3, -0.25) is 4.79 Å². The lowest BCUT2D eigenvalue weighted by Gasteiger charge is -2.33. The third-order valence-corrected chi connectivity index (χ3v) is 2.22. The van der Waals surface area contributed by atoms with Crippen molar-refractivity contribution >= 4 is 12.0 Å². The summed E-state index contributed by atoms with van der Waals surface area (Å²) >= 11 is 0. The van der Waals surface area contributed by atoms with Crippen molar-refractivity contribution < 1.29 is 19.8 Å². The summed E-state index contributed by atoms with van der Waals surface area (Å²) in [6, 6.07) is 0. The monoisotopic (exact) mass is 202 g/mol. The van der Waals surface area contributed by atoms with Crippen LogP contribution < -0.4 is 0 Å². The zero-order valence-electron chi connectivity index (χ0n) is 8.01. The first-order valence-corrected chi connectivity index (χ1v) is 4.47. The smallest absolute Gasteiger partial charge is 0.407 e. The van der Waals surface area contributed by atoms with Crippen LogP contribution in [0.3, 0.4) is 0 Å². The fourth-order valence-electron chi connectivity index (χ4n) is 1.38. The van der Waals surface area contributed by atoms with E-state index in [-0.39, 0.29) is 5.91 Å². The molecule has 0 aromatic heterocycles. The summed E-state index contributed by atoms with van der Waals surface area (Å²) in [5, 5.41) is 17.7. The Morgan fingerprint density at radius 1 is 1.14 bits per heavy atom. The van der Waals surface area contributed by atoms with E-state index >= 15 is 0 Å². The molecule has 0 spiro atoms. The number of rotatable bonds is 1. The lowest BCUT2D eigenvalue weighted by Crippen LogP contribution is -2.52. The molecule has 6 heteroatoms. The first-order valence-electron chi connectivity index (χ1n) is 4.47. The van der Waals surface area contributed by atoms with E-state index in [4.69, 9.17) is 10.2 Å². The standard InChI is InChI=1S/C8H14N2O4/c1-6(11)7(12)9-2-4-10(5-3-9)8(13)14/h6,11H,2-5H2,1H3,(H,13,14). The number of piperazine rings is 1. The molecule has 1 aliphatic heterocycles. The normalized spacial score (nSPS) is 19.3. The Kier molecular flexibility index (Phi) is 3.29. The molecular weight excluding hydrogens is 188 g/mol. The Hall–Kier alpha value is -1.30.